The topological polar surface area (TPSA) is 104 Å². The van der Waals surface area contributed by atoms with Gasteiger partial charge in [0, 0.05) is 11.5 Å². The number of aromatic nitrogens is 1. The first-order valence-electron chi connectivity index (χ1n) is 9.78. The highest BCUT2D eigenvalue weighted by molar-refractivity contribution is 6.05. The first-order chi connectivity index (χ1) is 14.5. The van der Waals surface area contributed by atoms with Gasteiger partial charge in [0.25, 0.3) is 11.6 Å². The average molecular weight is 409 g/mol. The number of nitrogens with one attached hydrogen (secondary N) is 1. The minimum Gasteiger partial charge on any atom is -0.490 e. The fourth-order valence-electron chi connectivity index (χ4n) is 2.83. The van der Waals surface area contributed by atoms with Crippen LogP contribution in [0.25, 0.3) is 10.9 Å². The molecular weight excluding hydrogens is 386 g/mol. The van der Waals surface area contributed by atoms with Crippen molar-refractivity contribution < 1.29 is 19.2 Å². The van der Waals surface area contributed by atoms with Crippen LogP contribution in [0.5, 0.6) is 11.5 Å². The number of ether oxygens (including phenoxy) is 2. The highest BCUT2D eigenvalue weighted by atomic mass is 16.6. The number of amides is 1. The summed E-state index contributed by atoms with van der Waals surface area (Å²) in [6.45, 7) is 4.70. The van der Waals surface area contributed by atoms with Gasteiger partial charge >= 0.3 is 0 Å². The summed E-state index contributed by atoms with van der Waals surface area (Å²) in [5, 5.41) is 15.1. The molecule has 0 aliphatic heterocycles. The van der Waals surface area contributed by atoms with Gasteiger partial charge < -0.3 is 14.8 Å². The van der Waals surface area contributed by atoms with Gasteiger partial charge in [-0.2, -0.15) is 0 Å². The molecule has 0 saturated heterocycles. The number of para-hydroxylation sites is 1. The molecule has 8 nitrogen and oxygen atoms in total. The van der Waals surface area contributed by atoms with Crippen LogP contribution in [0.15, 0.2) is 48.5 Å². The molecule has 1 amide bonds. The fraction of sp³-hybridized carbons (Fsp3) is 0.273. The Kier molecular flexibility index (Phi) is 6.79. The number of nitro benzene ring substituents is 1. The lowest BCUT2D eigenvalue weighted by Gasteiger charge is -2.14. The SMILES string of the molecule is CCCOc1cc(NC(=O)c2ccc3ccccc3n2)c([N+](=O)[O-])cc1OCCC. The zero-order valence-electron chi connectivity index (χ0n) is 16.9. The highest BCUT2D eigenvalue weighted by Crippen LogP contribution is 2.38. The van der Waals surface area contributed by atoms with Gasteiger partial charge in [0.15, 0.2) is 11.5 Å². The maximum Gasteiger partial charge on any atom is 0.296 e. The predicted octanol–water partition coefficient (Wildman–Crippen LogP) is 4.97. The molecule has 0 atom stereocenters. The third kappa shape index (κ3) is 4.83. The second kappa shape index (κ2) is 9.69. The minimum absolute atomic E-state index is 0.0231. The van der Waals surface area contributed by atoms with E-state index in [9.17, 15) is 14.9 Å². The van der Waals surface area contributed by atoms with Gasteiger partial charge in [-0.05, 0) is 25.0 Å². The average Bonchev–Trinajstić information content (AvgIpc) is 2.76. The predicted molar refractivity (Wildman–Crippen MR) is 114 cm³/mol. The van der Waals surface area contributed by atoms with Crippen LogP contribution in [-0.2, 0) is 0 Å². The van der Waals surface area contributed by atoms with Gasteiger partial charge in [-0.25, -0.2) is 4.98 Å². The number of nitrogens with zero attached hydrogens (tertiary/aromatic N) is 2. The molecule has 1 heterocycles. The van der Waals surface area contributed by atoms with E-state index in [1.54, 1.807) is 18.2 Å². The molecule has 0 spiro atoms. The van der Waals surface area contributed by atoms with E-state index in [0.717, 1.165) is 18.2 Å². The number of carbonyl (C=O) groups is 1. The highest BCUT2D eigenvalue weighted by Gasteiger charge is 2.22. The summed E-state index contributed by atoms with van der Waals surface area (Å²) in [5.74, 6) is 0.0732. The number of hydrogen-bond donors (Lipinski definition) is 1. The number of carbonyl (C=O) groups excluding carboxylic acids is 1. The normalized spacial score (nSPS) is 10.6. The number of pyridine rings is 1. The smallest absolute Gasteiger partial charge is 0.296 e. The van der Waals surface area contributed by atoms with Gasteiger partial charge in [0.2, 0.25) is 0 Å². The number of hydrogen-bond acceptors (Lipinski definition) is 6. The van der Waals surface area contributed by atoms with Crippen molar-refractivity contribution >= 4 is 28.2 Å². The molecule has 0 aliphatic rings. The first kappa shape index (κ1) is 21.0. The van der Waals surface area contributed by atoms with Crippen LogP contribution in [0.1, 0.15) is 37.2 Å². The second-order valence-corrected chi connectivity index (χ2v) is 6.61. The van der Waals surface area contributed by atoms with E-state index >= 15 is 0 Å². The molecule has 0 bridgehead atoms. The molecule has 30 heavy (non-hydrogen) atoms. The van der Waals surface area contributed by atoms with Crippen molar-refractivity contribution in [2.24, 2.45) is 0 Å². The Labute approximate surface area is 174 Å². The van der Waals surface area contributed by atoms with Crippen LogP contribution in [0.2, 0.25) is 0 Å². The number of benzene rings is 2. The summed E-state index contributed by atoms with van der Waals surface area (Å²) in [7, 11) is 0. The van der Waals surface area contributed by atoms with Gasteiger partial charge in [-0.1, -0.05) is 38.1 Å². The van der Waals surface area contributed by atoms with Gasteiger partial charge in [-0.3, -0.25) is 14.9 Å². The van der Waals surface area contributed by atoms with Crippen LogP contribution in [0.3, 0.4) is 0 Å². The monoisotopic (exact) mass is 409 g/mol. The third-order valence-corrected chi connectivity index (χ3v) is 4.26. The van der Waals surface area contributed by atoms with Crippen molar-refractivity contribution in [1.29, 1.82) is 0 Å². The molecule has 0 aliphatic carbocycles. The van der Waals surface area contributed by atoms with Gasteiger partial charge in [0.1, 0.15) is 11.4 Å². The van der Waals surface area contributed by atoms with Crippen LogP contribution < -0.4 is 14.8 Å². The van der Waals surface area contributed by atoms with Crippen LogP contribution >= 0.6 is 0 Å². The van der Waals surface area contributed by atoms with E-state index < -0.39 is 10.8 Å². The van der Waals surface area contributed by atoms with Crippen molar-refractivity contribution in [2.75, 3.05) is 18.5 Å². The molecule has 0 unspecified atom stereocenters. The van der Waals surface area contributed by atoms with E-state index in [4.69, 9.17) is 9.47 Å². The first-order valence-corrected chi connectivity index (χ1v) is 9.78. The van der Waals surface area contributed by atoms with Crippen molar-refractivity contribution in [2.45, 2.75) is 26.7 Å². The van der Waals surface area contributed by atoms with Gasteiger partial charge in [0.05, 0.1) is 29.7 Å². The summed E-state index contributed by atoms with van der Waals surface area (Å²) >= 11 is 0. The Morgan fingerprint density at radius 3 is 2.37 bits per heavy atom. The molecule has 0 fully saturated rings. The van der Waals surface area contributed by atoms with Crippen LogP contribution in [0.4, 0.5) is 11.4 Å². The molecule has 1 aromatic heterocycles. The zero-order chi connectivity index (χ0) is 21.5. The summed E-state index contributed by atoms with van der Waals surface area (Å²) in [5.41, 5.74) is 0.564. The van der Waals surface area contributed by atoms with Crippen molar-refractivity contribution in [3.63, 3.8) is 0 Å². The van der Waals surface area contributed by atoms with E-state index in [1.807, 2.05) is 32.0 Å². The molecule has 156 valence electrons. The molecule has 3 aromatic rings. The molecule has 1 N–H and O–H groups in total. The van der Waals surface area contributed by atoms with Crippen molar-refractivity contribution in [3.8, 4) is 11.5 Å². The minimum atomic E-state index is -0.564. The maximum absolute atomic E-state index is 12.7. The Bertz CT molecular complexity index is 1070. The van der Waals surface area contributed by atoms with E-state index in [0.29, 0.717) is 24.5 Å². The van der Waals surface area contributed by atoms with E-state index in [2.05, 4.69) is 10.3 Å². The quantitative estimate of drug-likeness (QED) is 0.395. The molecule has 0 saturated carbocycles. The number of rotatable bonds is 9. The van der Waals surface area contributed by atoms with Gasteiger partial charge in [-0.15, -0.1) is 0 Å². The largest absolute Gasteiger partial charge is 0.490 e. The standard InChI is InChI=1S/C22H23N3O5/c1-3-11-29-20-13-18(19(25(27)28)14-21(20)30-12-4-2)24-22(26)17-10-9-15-7-5-6-8-16(15)23-17/h5-10,13-14H,3-4,11-12H2,1-2H3,(H,24,26). The van der Waals surface area contributed by atoms with Crippen molar-refractivity contribution in [1.82, 2.24) is 4.98 Å². The molecule has 0 radical (unpaired) electrons. The lowest BCUT2D eigenvalue weighted by atomic mass is 10.2. The third-order valence-electron chi connectivity index (χ3n) is 4.26. The summed E-state index contributed by atoms with van der Waals surface area (Å²) in [6, 6.07) is 13.5. The number of anilines is 1. The molecular formula is C22H23N3O5. The Hall–Kier alpha value is -3.68. The maximum atomic E-state index is 12.7. The van der Waals surface area contributed by atoms with E-state index in [1.165, 1.54) is 12.1 Å². The summed E-state index contributed by atoms with van der Waals surface area (Å²) < 4.78 is 11.3. The number of nitro groups is 1. The Balaban J connectivity index is 1.95. The molecule has 3 rings (SSSR count). The summed E-state index contributed by atoms with van der Waals surface area (Å²) in [6.07, 6.45) is 1.50. The number of fused-ring (bicyclic) bond motifs is 1. The van der Waals surface area contributed by atoms with Crippen LogP contribution in [-0.4, -0.2) is 29.0 Å². The lowest BCUT2D eigenvalue weighted by molar-refractivity contribution is -0.384. The molecule has 8 heteroatoms. The lowest BCUT2D eigenvalue weighted by Crippen LogP contribution is -2.15. The fourth-order valence-corrected chi connectivity index (χ4v) is 2.83. The van der Waals surface area contributed by atoms with E-state index in [-0.39, 0.29) is 22.8 Å². The van der Waals surface area contributed by atoms with Crippen LogP contribution in [0, 0.1) is 10.1 Å². The van der Waals surface area contributed by atoms with Crippen molar-refractivity contribution in [3.05, 3.63) is 64.3 Å². The zero-order valence-corrected chi connectivity index (χ0v) is 16.9. The molecule has 2 aromatic carbocycles. The second-order valence-electron chi connectivity index (χ2n) is 6.61. The Morgan fingerprint density at radius 2 is 1.70 bits per heavy atom. The Morgan fingerprint density at radius 1 is 1.03 bits per heavy atom. The summed E-state index contributed by atoms with van der Waals surface area (Å²) in [4.78, 5) is 28.1.